The Morgan fingerprint density at radius 3 is 2.41 bits per heavy atom. The smallest absolute Gasteiger partial charge is 0.233 e. The van der Waals surface area contributed by atoms with Crippen molar-refractivity contribution in [2.75, 3.05) is 7.11 Å². The van der Waals surface area contributed by atoms with Gasteiger partial charge in [0.1, 0.15) is 5.75 Å². The van der Waals surface area contributed by atoms with Crippen LogP contribution in [-0.2, 0) is 11.3 Å². The van der Waals surface area contributed by atoms with Crippen LogP contribution in [0.2, 0.25) is 5.02 Å². The third kappa shape index (κ3) is 4.97. The molecule has 0 aliphatic carbocycles. The second-order valence-corrected chi connectivity index (χ2v) is 6.63. The van der Waals surface area contributed by atoms with Gasteiger partial charge in [0, 0.05) is 16.5 Å². The van der Waals surface area contributed by atoms with Gasteiger partial charge in [-0.25, -0.2) is 0 Å². The van der Waals surface area contributed by atoms with Crippen LogP contribution < -0.4 is 10.1 Å². The van der Waals surface area contributed by atoms with Gasteiger partial charge in [-0.15, -0.1) is 11.8 Å². The van der Waals surface area contributed by atoms with Gasteiger partial charge in [-0.2, -0.15) is 0 Å². The van der Waals surface area contributed by atoms with E-state index >= 15 is 0 Å². The zero-order valence-corrected chi connectivity index (χ0v) is 14.1. The minimum absolute atomic E-state index is 0.00997. The van der Waals surface area contributed by atoms with Crippen molar-refractivity contribution in [3.8, 4) is 5.75 Å². The highest BCUT2D eigenvalue weighted by Gasteiger charge is 2.13. The molecule has 0 aliphatic heterocycles. The number of carbonyl (C=O) groups excluding carboxylic acids is 1. The average Bonchev–Trinajstić information content (AvgIpc) is 2.55. The minimum atomic E-state index is -0.167. The highest BCUT2D eigenvalue weighted by molar-refractivity contribution is 8.00. The molecule has 1 N–H and O–H groups in total. The van der Waals surface area contributed by atoms with E-state index in [4.69, 9.17) is 16.3 Å². The number of carbonyl (C=O) groups is 1. The molecule has 22 heavy (non-hydrogen) atoms. The fraction of sp³-hybridized carbons (Fsp3) is 0.235. The Kier molecular flexibility index (Phi) is 6.16. The molecule has 3 nitrogen and oxygen atoms in total. The topological polar surface area (TPSA) is 38.3 Å². The largest absolute Gasteiger partial charge is 0.497 e. The lowest BCUT2D eigenvalue weighted by molar-refractivity contribution is -0.120. The van der Waals surface area contributed by atoms with E-state index in [2.05, 4.69) is 5.32 Å². The van der Waals surface area contributed by atoms with E-state index in [-0.39, 0.29) is 11.2 Å². The summed E-state index contributed by atoms with van der Waals surface area (Å²) in [4.78, 5) is 13.2. The van der Waals surface area contributed by atoms with Crippen molar-refractivity contribution in [2.24, 2.45) is 0 Å². The van der Waals surface area contributed by atoms with Gasteiger partial charge in [-0.1, -0.05) is 23.7 Å². The lowest BCUT2D eigenvalue weighted by atomic mass is 10.2. The third-order valence-electron chi connectivity index (χ3n) is 3.12. The Balaban J connectivity index is 1.84. The van der Waals surface area contributed by atoms with Gasteiger partial charge in [-0.05, 0) is 48.9 Å². The van der Waals surface area contributed by atoms with Gasteiger partial charge in [0.15, 0.2) is 0 Å². The lowest BCUT2D eigenvalue weighted by Crippen LogP contribution is -2.30. The third-order valence-corrected chi connectivity index (χ3v) is 4.49. The molecule has 0 bridgehead atoms. The molecule has 0 aliphatic rings. The number of methoxy groups -OCH3 is 1. The van der Waals surface area contributed by atoms with Crippen molar-refractivity contribution in [1.82, 2.24) is 5.32 Å². The first-order chi connectivity index (χ1) is 10.6. The summed E-state index contributed by atoms with van der Waals surface area (Å²) in [6.07, 6.45) is 0. The summed E-state index contributed by atoms with van der Waals surface area (Å²) in [7, 11) is 1.63. The molecular formula is C17H18ClNO2S. The van der Waals surface area contributed by atoms with Gasteiger partial charge in [0.2, 0.25) is 5.91 Å². The fourth-order valence-electron chi connectivity index (χ4n) is 1.85. The van der Waals surface area contributed by atoms with Gasteiger partial charge >= 0.3 is 0 Å². The monoisotopic (exact) mass is 335 g/mol. The quantitative estimate of drug-likeness (QED) is 0.806. The number of hydrogen-bond donors (Lipinski definition) is 1. The zero-order valence-electron chi connectivity index (χ0n) is 12.5. The molecule has 2 aromatic rings. The molecule has 0 unspecified atom stereocenters. The number of benzene rings is 2. The molecular weight excluding hydrogens is 318 g/mol. The molecule has 2 aromatic carbocycles. The normalized spacial score (nSPS) is 11.8. The Labute approximate surface area is 140 Å². The predicted molar refractivity (Wildman–Crippen MR) is 91.6 cm³/mol. The van der Waals surface area contributed by atoms with Crippen LogP contribution in [0.5, 0.6) is 5.75 Å². The van der Waals surface area contributed by atoms with Gasteiger partial charge in [0.05, 0.1) is 12.4 Å². The maximum absolute atomic E-state index is 12.1. The molecule has 0 radical (unpaired) electrons. The first kappa shape index (κ1) is 16.7. The SMILES string of the molecule is COc1ccc(CNC(=O)[C@H](C)Sc2ccc(Cl)cc2)cc1. The van der Waals surface area contributed by atoms with E-state index in [1.54, 1.807) is 7.11 Å². The number of amides is 1. The molecule has 1 amide bonds. The molecule has 0 saturated heterocycles. The standard InChI is InChI=1S/C17H18ClNO2S/c1-12(22-16-9-5-14(18)6-10-16)17(20)19-11-13-3-7-15(21-2)8-4-13/h3-10,12H,11H2,1-2H3,(H,19,20)/t12-/m0/s1. The number of hydrogen-bond acceptors (Lipinski definition) is 3. The van der Waals surface area contributed by atoms with Gasteiger partial charge in [-0.3, -0.25) is 4.79 Å². The fourth-order valence-corrected chi connectivity index (χ4v) is 2.86. The first-order valence-corrected chi connectivity index (χ1v) is 8.17. The van der Waals surface area contributed by atoms with Gasteiger partial charge in [0.25, 0.3) is 0 Å². The van der Waals surface area contributed by atoms with Gasteiger partial charge < -0.3 is 10.1 Å². The van der Waals surface area contributed by atoms with Crippen molar-refractivity contribution < 1.29 is 9.53 Å². The maximum atomic E-state index is 12.1. The summed E-state index contributed by atoms with van der Waals surface area (Å²) in [6.45, 7) is 2.40. The molecule has 0 heterocycles. The first-order valence-electron chi connectivity index (χ1n) is 6.91. The lowest BCUT2D eigenvalue weighted by Gasteiger charge is -2.12. The highest BCUT2D eigenvalue weighted by atomic mass is 35.5. The van der Waals surface area contributed by atoms with E-state index in [1.807, 2.05) is 55.5 Å². The van der Waals surface area contributed by atoms with E-state index in [0.29, 0.717) is 11.6 Å². The van der Waals surface area contributed by atoms with E-state index in [1.165, 1.54) is 11.8 Å². The molecule has 116 valence electrons. The zero-order chi connectivity index (χ0) is 15.9. The minimum Gasteiger partial charge on any atom is -0.497 e. The Bertz CT molecular complexity index is 614. The van der Waals surface area contributed by atoms with Crippen LogP contribution >= 0.6 is 23.4 Å². The van der Waals surface area contributed by atoms with Crippen LogP contribution in [0.1, 0.15) is 12.5 Å². The van der Waals surface area contributed by atoms with E-state index in [9.17, 15) is 4.79 Å². The molecule has 1 atom stereocenters. The molecule has 0 aromatic heterocycles. The highest BCUT2D eigenvalue weighted by Crippen LogP contribution is 2.24. The van der Waals surface area contributed by atoms with E-state index in [0.717, 1.165) is 16.2 Å². The number of nitrogens with one attached hydrogen (secondary N) is 1. The second-order valence-electron chi connectivity index (χ2n) is 4.78. The Hall–Kier alpha value is -1.65. The molecule has 2 rings (SSSR count). The average molecular weight is 336 g/mol. The van der Waals surface area contributed by atoms with Crippen LogP contribution in [0.15, 0.2) is 53.4 Å². The summed E-state index contributed by atoms with van der Waals surface area (Å²) < 4.78 is 5.11. The van der Waals surface area contributed by atoms with Crippen LogP contribution in [0.4, 0.5) is 0 Å². The van der Waals surface area contributed by atoms with Crippen molar-refractivity contribution in [1.29, 1.82) is 0 Å². The number of rotatable bonds is 6. The van der Waals surface area contributed by atoms with Crippen molar-refractivity contribution in [3.63, 3.8) is 0 Å². The van der Waals surface area contributed by atoms with Crippen LogP contribution in [0.3, 0.4) is 0 Å². The summed E-state index contributed by atoms with van der Waals surface area (Å²) >= 11 is 7.36. The second kappa shape index (κ2) is 8.11. The van der Waals surface area contributed by atoms with Crippen molar-refractivity contribution in [3.05, 3.63) is 59.1 Å². The summed E-state index contributed by atoms with van der Waals surface area (Å²) in [5.74, 6) is 0.817. The maximum Gasteiger partial charge on any atom is 0.233 e. The number of thioether (sulfide) groups is 1. The molecule has 5 heteroatoms. The number of halogens is 1. The van der Waals surface area contributed by atoms with Crippen LogP contribution in [0.25, 0.3) is 0 Å². The van der Waals surface area contributed by atoms with Crippen LogP contribution in [0, 0.1) is 0 Å². The molecule has 0 fully saturated rings. The Morgan fingerprint density at radius 1 is 1.18 bits per heavy atom. The Morgan fingerprint density at radius 2 is 1.82 bits per heavy atom. The van der Waals surface area contributed by atoms with Crippen molar-refractivity contribution >= 4 is 29.3 Å². The molecule has 0 spiro atoms. The summed E-state index contributed by atoms with van der Waals surface area (Å²) in [5.41, 5.74) is 1.04. The summed E-state index contributed by atoms with van der Waals surface area (Å²) in [6, 6.07) is 15.1. The van der Waals surface area contributed by atoms with Crippen LogP contribution in [-0.4, -0.2) is 18.3 Å². The predicted octanol–water partition coefficient (Wildman–Crippen LogP) is 4.15. The molecule has 0 saturated carbocycles. The van der Waals surface area contributed by atoms with Crippen molar-refractivity contribution in [2.45, 2.75) is 23.6 Å². The summed E-state index contributed by atoms with van der Waals surface area (Å²) in [5, 5.41) is 3.47. The number of ether oxygens (including phenoxy) is 1. The van der Waals surface area contributed by atoms with E-state index < -0.39 is 0 Å².